The first-order chi connectivity index (χ1) is 6.24. The molecule has 0 saturated carbocycles. The van der Waals surface area contributed by atoms with Gasteiger partial charge in [-0.25, -0.2) is 0 Å². The smallest absolute Gasteiger partial charge is 0.164 e. The zero-order chi connectivity index (χ0) is 9.68. The second-order valence-corrected chi connectivity index (χ2v) is 3.59. The number of hydrogen-bond acceptors (Lipinski definition) is 2. The average Bonchev–Trinajstić information content (AvgIpc) is 2.41. The van der Waals surface area contributed by atoms with Crippen LogP contribution >= 0.6 is 11.6 Å². The number of nitrogens with two attached hydrogens (primary N) is 1. The highest BCUT2D eigenvalue weighted by molar-refractivity contribution is 6.32. The van der Waals surface area contributed by atoms with Crippen LogP contribution in [0.5, 0.6) is 0 Å². The summed E-state index contributed by atoms with van der Waals surface area (Å²) in [5, 5.41) is 4.62. The minimum absolute atomic E-state index is 0.428. The van der Waals surface area contributed by atoms with Gasteiger partial charge < -0.3 is 5.73 Å². The van der Waals surface area contributed by atoms with E-state index >= 15 is 0 Å². The number of nitrogen functional groups attached to an aromatic ring is 1. The van der Waals surface area contributed by atoms with Gasteiger partial charge in [-0.3, -0.25) is 4.68 Å². The van der Waals surface area contributed by atoms with Gasteiger partial charge in [0.2, 0.25) is 0 Å². The summed E-state index contributed by atoms with van der Waals surface area (Å²) in [6.45, 7) is 3.11. The summed E-state index contributed by atoms with van der Waals surface area (Å²) < 4.78 is 1.81. The van der Waals surface area contributed by atoms with Crippen molar-refractivity contribution in [2.75, 3.05) is 5.73 Å². The molecule has 1 rings (SSSR count). The number of anilines is 1. The number of aryl methyl sites for hydroxylation is 1. The van der Waals surface area contributed by atoms with E-state index in [2.05, 4.69) is 12.0 Å². The maximum absolute atomic E-state index is 5.76. The Labute approximate surface area is 83.9 Å². The molecule has 1 heterocycles. The molecule has 0 fully saturated rings. The summed E-state index contributed by atoms with van der Waals surface area (Å²) in [5.41, 5.74) is 5.51. The lowest BCUT2D eigenvalue weighted by atomic mass is 10.2. The minimum atomic E-state index is 0.428. The van der Waals surface area contributed by atoms with Crippen LogP contribution in [0.4, 0.5) is 5.82 Å². The lowest BCUT2D eigenvalue weighted by molar-refractivity contribution is 0.543. The molecule has 0 aliphatic carbocycles. The molecule has 1 aromatic rings. The van der Waals surface area contributed by atoms with E-state index in [-0.39, 0.29) is 0 Å². The van der Waals surface area contributed by atoms with Gasteiger partial charge >= 0.3 is 0 Å². The van der Waals surface area contributed by atoms with Crippen LogP contribution in [0.3, 0.4) is 0 Å². The van der Waals surface area contributed by atoms with Crippen LogP contribution in [-0.2, 0) is 6.54 Å². The molecule has 3 nitrogen and oxygen atoms in total. The van der Waals surface area contributed by atoms with Crippen LogP contribution in [0.2, 0.25) is 5.02 Å². The maximum Gasteiger partial charge on any atom is 0.164 e. The highest BCUT2D eigenvalue weighted by atomic mass is 35.5. The fraction of sp³-hybridized carbons (Fsp3) is 0.667. The Kier molecular flexibility index (Phi) is 4.09. The Morgan fingerprint density at radius 2 is 2.23 bits per heavy atom. The van der Waals surface area contributed by atoms with Gasteiger partial charge in [0.25, 0.3) is 0 Å². The Hall–Kier alpha value is -0.700. The lowest BCUT2D eigenvalue weighted by Gasteiger charge is -1.99. The first-order valence-electron chi connectivity index (χ1n) is 4.72. The van der Waals surface area contributed by atoms with Crippen LogP contribution < -0.4 is 5.73 Å². The Bertz CT molecular complexity index is 238. The molecule has 2 N–H and O–H groups in total. The Morgan fingerprint density at radius 1 is 1.46 bits per heavy atom. The zero-order valence-corrected chi connectivity index (χ0v) is 8.72. The molecule has 0 atom stereocenters. The summed E-state index contributed by atoms with van der Waals surface area (Å²) in [6, 6.07) is 0. The molecule has 0 spiro atoms. The number of hydrogen-bond donors (Lipinski definition) is 1. The molecule has 4 heteroatoms. The van der Waals surface area contributed by atoms with Gasteiger partial charge in [0.1, 0.15) is 5.02 Å². The van der Waals surface area contributed by atoms with Gasteiger partial charge in [-0.05, 0) is 6.42 Å². The number of aromatic nitrogens is 2. The predicted octanol–water partition coefficient (Wildman–Crippen LogP) is 2.70. The van der Waals surface area contributed by atoms with Gasteiger partial charge in [-0.2, -0.15) is 5.10 Å². The summed E-state index contributed by atoms with van der Waals surface area (Å²) in [7, 11) is 0. The van der Waals surface area contributed by atoms with Crippen molar-refractivity contribution in [1.82, 2.24) is 9.78 Å². The van der Waals surface area contributed by atoms with Crippen LogP contribution in [0.1, 0.15) is 32.6 Å². The third-order valence-electron chi connectivity index (χ3n) is 1.98. The quantitative estimate of drug-likeness (QED) is 0.745. The largest absolute Gasteiger partial charge is 0.381 e. The molecule has 0 aliphatic rings. The van der Waals surface area contributed by atoms with E-state index in [9.17, 15) is 0 Å². The summed E-state index contributed by atoms with van der Waals surface area (Å²) in [5.74, 6) is 0.428. The molecule has 13 heavy (non-hydrogen) atoms. The van der Waals surface area contributed by atoms with Crippen LogP contribution in [0, 0.1) is 0 Å². The number of halogens is 1. The van der Waals surface area contributed by atoms with Crippen molar-refractivity contribution in [3.63, 3.8) is 0 Å². The maximum atomic E-state index is 5.76. The van der Waals surface area contributed by atoms with Crippen molar-refractivity contribution in [2.45, 2.75) is 39.2 Å². The van der Waals surface area contributed by atoms with Gasteiger partial charge in [0.05, 0.1) is 0 Å². The fourth-order valence-electron chi connectivity index (χ4n) is 1.23. The minimum Gasteiger partial charge on any atom is -0.381 e. The monoisotopic (exact) mass is 201 g/mol. The number of rotatable bonds is 5. The van der Waals surface area contributed by atoms with Crippen LogP contribution in [0.15, 0.2) is 6.20 Å². The van der Waals surface area contributed by atoms with Crippen molar-refractivity contribution < 1.29 is 0 Å². The van der Waals surface area contributed by atoms with Crippen molar-refractivity contribution in [1.29, 1.82) is 0 Å². The van der Waals surface area contributed by atoms with Gasteiger partial charge in [-0.1, -0.05) is 37.8 Å². The molecule has 74 valence electrons. The SMILES string of the molecule is CCCCCCn1cc(Cl)c(N)n1. The van der Waals surface area contributed by atoms with Crippen LogP contribution in [0.25, 0.3) is 0 Å². The standard InChI is InChI=1S/C9H16ClN3/c1-2-3-4-5-6-13-7-8(10)9(11)12-13/h7H,2-6H2,1H3,(H2,11,12). The summed E-state index contributed by atoms with van der Waals surface area (Å²) in [6.07, 6.45) is 6.70. The Balaban J connectivity index is 2.29. The fourth-order valence-corrected chi connectivity index (χ4v) is 1.38. The first-order valence-corrected chi connectivity index (χ1v) is 5.10. The van der Waals surface area contributed by atoms with Crippen molar-refractivity contribution >= 4 is 17.4 Å². The van der Waals surface area contributed by atoms with Crippen molar-refractivity contribution in [2.24, 2.45) is 0 Å². The lowest BCUT2D eigenvalue weighted by Crippen LogP contribution is -1.99. The third kappa shape index (κ3) is 3.27. The van der Waals surface area contributed by atoms with E-state index in [4.69, 9.17) is 17.3 Å². The number of unbranched alkanes of at least 4 members (excludes halogenated alkanes) is 3. The van der Waals surface area contributed by atoms with E-state index in [0.29, 0.717) is 10.8 Å². The molecule has 0 aromatic carbocycles. The van der Waals surface area contributed by atoms with E-state index in [0.717, 1.165) is 13.0 Å². The molecule has 0 amide bonds. The first kappa shape index (κ1) is 10.4. The Morgan fingerprint density at radius 3 is 2.77 bits per heavy atom. The molecular formula is C9H16ClN3. The summed E-state index contributed by atoms with van der Waals surface area (Å²) >= 11 is 5.76. The van der Waals surface area contributed by atoms with E-state index < -0.39 is 0 Å². The van der Waals surface area contributed by atoms with E-state index in [1.165, 1.54) is 19.3 Å². The van der Waals surface area contributed by atoms with Gasteiger partial charge in [0.15, 0.2) is 5.82 Å². The topological polar surface area (TPSA) is 43.8 Å². The van der Waals surface area contributed by atoms with E-state index in [1.54, 1.807) is 6.20 Å². The molecule has 0 aliphatic heterocycles. The molecular weight excluding hydrogens is 186 g/mol. The van der Waals surface area contributed by atoms with Crippen molar-refractivity contribution in [3.05, 3.63) is 11.2 Å². The third-order valence-corrected chi connectivity index (χ3v) is 2.28. The van der Waals surface area contributed by atoms with E-state index in [1.807, 2.05) is 4.68 Å². The molecule has 0 bridgehead atoms. The van der Waals surface area contributed by atoms with Crippen LogP contribution in [-0.4, -0.2) is 9.78 Å². The molecule has 0 radical (unpaired) electrons. The van der Waals surface area contributed by atoms with Gasteiger partial charge in [0, 0.05) is 12.7 Å². The highest BCUT2D eigenvalue weighted by Gasteiger charge is 2.01. The highest BCUT2D eigenvalue weighted by Crippen LogP contribution is 2.15. The summed E-state index contributed by atoms with van der Waals surface area (Å²) in [4.78, 5) is 0. The second-order valence-electron chi connectivity index (χ2n) is 3.19. The second kappa shape index (κ2) is 5.12. The average molecular weight is 202 g/mol. The van der Waals surface area contributed by atoms with Crippen molar-refractivity contribution in [3.8, 4) is 0 Å². The van der Waals surface area contributed by atoms with Gasteiger partial charge in [-0.15, -0.1) is 0 Å². The predicted molar refractivity (Wildman–Crippen MR) is 55.8 cm³/mol. The number of nitrogens with zero attached hydrogens (tertiary/aromatic N) is 2. The molecule has 0 saturated heterocycles. The molecule has 1 aromatic heterocycles. The molecule has 0 unspecified atom stereocenters. The zero-order valence-electron chi connectivity index (χ0n) is 7.96. The normalized spacial score (nSPS) is 10.6.